The highest BCUT2D eigenvalue weighted by Crippen LogP contribution is 2.18. The van der Waals surface area contributed by atoms with Crippen molar-refractivity contribution < 1.29 is 14.3 Å². The van der Waals surface area contributed by atoms with Crippen molar-refractivity contribution in [2.75, 3.05) is 42.3 Å². The number of hydrogen-bond donors (Lipinski definition) is 2. The summed E-state index contributed by atoms with van der Waals surface area (Å²) in [6, 6.07) is 10.7. The van der Waals surface area contributed by atoms with E-state index in [1.807, 2.05) is 6.07 Å². The number of nitrogens with one attached hydrogen (secondary N) is 1. The van der Waals surface area contributed by atoms with E-state index in [2.05, 4.69) is 15.0 Å². The fourth-order valence-corrected chi connectivity index (χ4v) is 3.24. The van der Waals surface area contributed by atoms with Crippen LogP contribution in [0.15, 0.2) is 58.4 Å². The zero-order valence-corrected chi connectivity index (χ0v) is 18.8. The SMILES string of the molecule is CCN(C(=O)COC(=O)CN(C)c1ncccn1)c1c(N)n(Cc2ccccc2)c(=O)[nH]c1=O. The minimum atomic E-state index is -0.811. The lowest BCUT2D eigenvalue weighted by atomic mass is 10.2. The van der Waals surface area contributed by atoms with Gasteiger partial charge < -0.3 is 20.3 Å². The van der Waals surface area contributed by atoms with Gasteiger partial charge in [-0.2, -0.15) is 0 Å². The molecule has 0 aliphatic rings. The molecule has 0 bridgehead atoms. The minimum Gasteiger partial charge on any atom is -0.454 e. The summed E-state index contributed by atoms with van der Waals surface area (Å²) in [5.74, 6) is -1.20. The molecule has 1 aromatic carbocycles. The Labute approximate surface area is 194 Å². The van der Waals surface area contributed by atoms with Crippen LogP contribution in [-0.2, 0) is 20.9 Å². The summed E-state index contributed by atoms with van der Waals surface area (Å²) < 4.78 is 6.25. The molecule has 1 amide bonds. The number of aromatic amines is 1. The van der Waals surface area contributed by atoms with Gasteiger partial charge >= 0.3 is 11.7 Å². The fourth-order valence-electron chi connectivity index (χ4n) is 3.24. The van der Waals surface area contributed by atoms with Crippen LogP contribution in [0.4, 0.5) is 17.5 Å². The molecule has 3 N–H and O–H groups in total. The average molecular weight is 467 g/mol. The van der Waals surface area contributed by atoms with Gasteiger partial charge in [0.15, 0.2) is 12.3 Å². The molecule has 12 nitrogen and oxygen atoms in total. The second-order valence-corrected chi connectivity index (χ2v) is 7.27. The van der Waals surface area contributed by atoms with Crippen molar-refractivity contribution in [3.63, 3.8) is 0 Å². The number of esters is 1. The molecule has 12 heteroatoms. The topological polar surface area (TPSA) is 157 Å². The quantitative estimate of drug-likeness (QED) is 0.413. The first-order valence-electron chi connectivity index (χ1n) is 10.4. The standard InChI is InChI=1S/C22H25N7O5/c1-3-28(16(30)14-34-17(31)13-27(2)21-24-10-7-11-25-21)18-19(23)29(22(33)26-20(18)32)12-15-8-5-4-6-9-15/h4-11H,3,12-14,23H2,1-2H3,(H,26,32,33). The summed E-state index contributed by atoms with van der Waals surface area (Å²) in [5, 5.41) is 0. The number of likely N-dealkylation sites (N-methyl/N-ethyl adjacent to an activating group) is 2. The van der Waals surface area contributed by atoms with E-state index in [4.69, 9.17) is 10.5 Å². The number of carbonyl (C=O) groups is 2. The molecular weight excluding hydrogens is 442 g/mol. The number of nitrogens with two attached hydrogens (primary N) is 1. The first-order chi connectivity index (χ1) is 16.3. The first kappa shape index (κ1) is 24.2. The Balaban J connectivity index is 1.74. The van der Waals surface area contributed by atoms with Crippen molar-refractivity contribution >= 4 is 29.3 Å². The number of amides is 1. The van der Waals surface area contributed by atoms with E-state index in [1.165, 1.54) is 21.9 Å². The summed E-state index contributed by atoms with van der Waals surface area (Å²) in [5.41, 5.74) is 5.24. The number of H-pyrrole nitrogens is 1. The molecule has 0 aliphatic carbocycles. The number of rotatable bonds is 9. The number of nitrogen functional groups attached to an aromatic ring is 1. The van der Waals surface area contributed by atoms with Gasteiger partial charge in [0, 0.05) is 26.0 Å². The van der Waals surface area contributed by atoms with Gasteiger partial charge in [-0.15, -0.1) is 0 Å². The highest BCUT2D eigenvalue weighted by molar-refractivity contribution is 5.97. The molecule has 0 spiro atoms. The highest BCUT2D eigenvalue weighted by atomic mass is 16.5. The molecule has 0 unspecified atom stereocenters. The molecule has 3 aromatic rings. The van der Waals surface area contributed by atoms with E-state index in [1.54, 1.807) is 44.3 Å². The van der Waals surface area contributed by atoms with E-state index in [-0.39, 0.29) is 31.1 Å². The van der Waals surface area contributed by atoms with Gasteiger partial charge in [-0.25, -0.2) is 14.8 Å². The minimum absolute atomic E-state index is 0.0605. The normalized spacial score (nSPS) is 10.5. The predicted molar refractivity (Wildman–Crippen MR) is 126 cm³/mol. The van der Waals surface area contributed by atoms with Crippen LogP contribution in [0.3, 0.4) is 0 Å². The molecule has 0 saturated carbocycles. The highest BCUT2D eigenvalue weighted by Gasteiger charge is 2.24. The van der Waals surface area contributed by atoms with Crippen molar-refractivity contribution in [2.45, 2.75) is 13.5 Å². The van der Waals surface area contributed by atoms with Gasteiger partial charge in [-0.3, -0.25) is 23.9 Å². The Morgan fingerprint density at radius 2 is 1.79 bits per heavy atom. The van der Waals surface area contributed by atoms with Crippen LogP contribution < -0.4 is 26.8 Å². The van der Waals surface area contributed by atoms with Crippen molar-refractivity contribution in [3.05, 3.63) is 75.2 Å². The van der Waals surface area contributed by atoms with Crippen molar-refractivity contribution in [3.8, 4) is 0 Å². The van der Waals surface area contributed by atoms with Crippen molar-refractivity contribution in [2.24, 2.45) is 0 Å². The summed E-state index contributed by atoms with van der Waals surface area (Å²) >= 11 is 0. The molecule has 0 saturated heterocycles. The lowest BCUT2D eigenvalue weighted by molar-refractivity contribution is -0.146. The maximum absolute atomic E-state index is 12.8. The summed E-state index contributed by atoms with van der Waals surface area (Å²) in [6.45, 7) is 0.988. The van der Waals surface area contributed by atoms with Crippen LogP contribution in [0.25, 0.3) is 0 Å². The van der Waals surface area contributed by atoms with Crippen molar-refractivity contribution in [1.82, 2.24) is 19.5 Å². The van der Waals surface area contributed by atoms with E-state index in [9.17, 15) is 19.2 Å². The zero-order chi connectivity index (χ0) is 24.7. The van der Waals surface area contributed by atoms with Gasteiger partial charge in [-0.05, 0) is 18.6 Å². The lowest BCUT2D eigenvalue weighted by Gasteiger charge is -2.23. The molecule has 0 aliphatic heterocycles. The lowest BCUT2D eigenvalue weighted by Crippen LogP contribution is -2.43. The Morgan fingerprint density at radius 3 is 2.44 bits per heavy atom. The van der Waals surface area contributed by atoms with E-state index >= 15 is 0 Å². The van der Waals surface area contributed by atoms with Gasteiger partial charge in [0.2, 0.25) is 5.95 Å². The number of aromatic nitrogens is 4. The largest absolute Gasteiger partial charge is 0.454 e. The molecule has 3 rings (SSSR count). The van der Waals surface area contributed by atoms with E-state index in [0.29, 0.717) is 5.95 Å². The monoisotopic (exact) mass is 467 g/mol. The Kier molecular flexibility index (Phi) is 7.75. The van der Waals surface area contributed by atoms with Crippen molar-refractivity contribution in [1.29, 1.82) is 0 Å². The third-order valence-electron chi connectivity index (χ3n) is 4.90. The van der Waals surface area contributed by atoms with Crippen LogP contribution in [-0.4, -0.2) is 58.1 Å². The van der Waals surface area contributed by atoms with Gasteiger partial charge in [0.25, 0.3) is 11.5 Å². The number of carbonyl (C=O) groups excluding carboxylic acids is 2. The summed E-state index contributed by atoms with van der Waals surface area (Å²) in [4.78, 5) is 62.7. The molecule has 2 heterocycles. The maximum atomic E-state index is 12.8. The third kappa shape index (κ3) is 5.65. The Bertz CT molecular complexity index is 1260. The first-order valence-corrected chi connectivity index (χ1v) is 10.4. The maximum Gasteiger partial charge on any atom is 0.330 e. The number of ether oxygens (including phenoxy) is 1. The molecule has 2 aromatic heterocycles. The summed E-state index contributed by atoms with van der Waals surface area (Å²) in [6.07, 6.45) is 3.07. The fraction of sp³-hybridized carbons (Fsp3) is 0.273. The van der Waals surface area contributed by atoms with Crippen LogP contribution >= 0.6 is 0 Å². The molecule has 34 heavy (non-hydrogen) atoms. The third-order valence-corrected chi connectivity index (χ3v) is 4.90. The van der Waals surface area contributed by atoms with Crippen LogP contribution in [0.1, 0.15) is 12.5 Å². The molecular formula is C22H25N7O5. The molecule has 0 fully saturated rings. The Hall–Kier alpha value is -4.48. The van der Waals surface area contributed by atoms with E-state index in [0.717, 1.165) is 10.5 Å². The molecule has 0 radical (unpaired) electrons. The van der Waals surface area contributed by atoms with Crippen LogP contribution in [0.5, 0.6) is 0 Å². The number of benzene rings is 1. The number of anilines is 3. The van der Waals surface area contributed by atoms with Gasteiger partial charge in [-0.1, -0.05) is 30.3 Å². The number of nitrogens with zero attached hydrogens (tertiary/aromatic N) is 5. The average Bonchev–Trinajstić information content (AvgIpc) is 2.84. The summed E-state index contributed by atoms with van der Waals surface area (Å²) in [7, 11) is 1.60. The second kappa shape index (κ2) is 10.9. The van der Waals surface area contributed by atoms with Gasteiger partial charge in [0.1, 0.15) is 12.4 Å². The van der Waals surface area contributed by atoms with Crippen LogP contribution in [0, 0.1) is 0 Å². The zero-order valence-electron chi connectivity index (χ0n) is 18.8. The Morgan fingerprint density at radius 1 is 1.12 bits per heavy atom. The molecule has 0 atom stereocenters. The predicted octanol–water partition coefficient (Wildman–Crippen LogP) is -0.0104. The number of hydrogen-bond acceptors (Lipinski definition) is 9. The smallest absolute Gasteiger partial charge is 0.330 e. The van der Waals surface area contributed by atoms with Gasteiger partial charge in [0.05, 0.1) is 6.54 Å². The van der Waals surface area contributed by atoms with Crippen LogP contribution in [0.2, 0.25) is 0 Å². The molecule has 178 valence electrons. The van der Waals surface area contributed by atoms with E-state index < -0.39 is 29.7 Å². The second-order valence-electron chi connectivity index (χ2n) is 7.27.